The van der Waals surface area contributed by atoms with Gasteiger partial charge in [-0.2, -0.15) is 5.10 Å². The number of nitrogens with one attached hydrogen (secondary N) is 1. The van der Waals surface area contributed by atoms with Crippen LogP contribution in [-0.2, 0) is 11.3 Å². The number of carbonyl (C=O) groups is 1. The number of anilines is 1. The third-order valence-corrected chi connectivity index (χ3v) is 5.02. The molecule has 0 spiro atoms. The maximum Gasteiger partial charge on any atom is 0.222 e. The van der Waals surface area contributed by atoms with Crippen molar-refractivity contribution in [3.05, 3.63) is 60.5 Å². The molecule has 1 fully saturated rings. The molecule has 1 saturated heterocycles. The van der Waals surface area contributed by atoms with Gasteiger partial charge in [0.05, 0.1) is 18.5 Å². The molecule has 3 aromatic rings. The van der Waals surface area contributed by atoms with Gasteiger partial charge in [-0.1, -0.05) is 18.2 Å². The predicted octanol–water partition coefficient (Wildman–Crippen LogP) is 3.94. The van der Waals surface area contributed by atoms with Crippen LogP contribution in [0.25, 0.3) is 11.3 Å². The summed E-state index contributed by atoms with van der Waals surface area (Å²) in [6, 6.07) is 14.6. The standard InChI is InChI=1S/C21H24N4O2/c1-16(26)23-21-7-10-22-25(21)19-8-11-24(12-9-19)15-17-4-2-5-18(14-17)20-6-3-13-27-20/h2-7,10,13-14,19H,8-9,11-12,15H2,1H3,(H,23,26). The molecule has 1 N–H and O–H groups in total. The molecule has 2 aromatic heterocycles. The summed E-state index contributed by atoms with van der Waals surface area (Å²) in [7, 11) is 0. The Morgan fingerprint density at radius 1 is 1.22 bits per heavy atom. The first-order chi connectivity index (χ1) is 13.2. The van der Waals surface area contributed by atoms with Gasteiger partial charge < -0.3 is 9.73 Å². The monoisotopic (exact) mass is 364 g/mol. The van der Waals surface area contributed by atoms with Gasteiger partial charge in [0.25, 0.3) is 0 Å². The van der Waals surface area contributed by atoms with Crippen LogP contribution in [0, 0.1) is 0 Å². The molecule has 3 heterocycles. The summed E-state index contributed by atoms with van der Waals surface area (Å²) in [5.41, 5.74) is 2.41. The second-order valence-corrected chi connectivity index (χ2v) is 7.03. The van der Waals surface area contributed by atoms with Gasteiger partial charge in [-0.25, -0.2) is 4.68 Å². The smallest absolute Gasteiger partial charge is 0.222 e. The van der Waals surface area contributed by atoms with Crippen LogP contribution in [0.4, 0.5) is 5.82 Å². The number of likely N-dealkylation sites (tertiary alicyclic amines) is 1. The van der Waals surface area contributed by atoms with Gasteiger partial charge >= 0.3 is 0 Å². The Hall–Kier alpha value is -2.86. The number of benzene rings is 1. The highest BCUT2D eigenvalue weighted by Gasteiger charge is 2.23. The number of nitrogens with zero attached hydrogens (tertiary/aromatic N) is 3. The van der Waals surface area contributed by atoms with E-state index in [2.05, 4.69) is 39.6 Å². The fourth-order valence-electron chi connectivity index (χ4n) is 3.73. The molecule has 1 aliphatic heterocycles. The maximum atomic E-state index is 11.3. The van der Waals surface area contributed by atoms with E-state index in [9.17, 15) is 4.79 Å². The Morgan fingerprint density at radius 2 is 2.07 bits per heavy atom. The molecule has 27 heavy (non-hydrogen) atoms. The summed E-state index contributed by atoms with van der Waals surface area (Å²) in [5.74, 6) is 1.62. The van der Waals surface area contributed by atoms with E-state index in [-0.39, 0.29) is 5.91 Å². The fourth-order valence-corrected chi connectivity index (χ4v) is 3.73. The van der Waals surface area contributed by atoms with Crippen LogP contribution in [-0.4, -0.2) is 33.7 Å². The van der Waals surface area contributed by atoms with Crippen LogP contribution in [0.3, 0.4) is 0 Å². The molecule has 0 aliphatic carbocycles. The van der Waals surface area contributed by atoms with Crippen molar-refractivity contribution in [3.8, 4) is 11.3 Å². The van der Waals surface area contributed by atoms with Crippen molar-refractivity contribution in [2.24, 2.45) is 0 Å². The van der Waals surface area contributed by atoms with Crippen molar-refractivity contribution in [1.82, 2.24) is 14.7 Å². The summed E-state index contributed by atoms with van der Waals surface area (Å²) >= 11 is 0. The summed E-state index contributed by atoms with van der Waals surface area (Å²) in [4.78, 5) is 13.8. The second-order valence-electron chi connectivity index (χ2n) is 7.03. The van der Waals surface area contributed by atoms with Crippen molar-refractivity contribution in [2.75, 3.05) is 18.4 Å². The number of hydrogen-bond donors (Lipinski definition) is 1. The number of hydrogen-bond acceptors (Lipinski definition) is 4. The molecule has 0 bridgehead atoms. The zero-order valence-electron chi connectivity index (χ0n) is 15.5. The summed E-state index contributed by atoms with van der Waals surface area (Å²) in [6.07, 6.45) is 5.49. The number of piperidine rings is 1. The van der Waals surface area contributed by atoms with Crippen LogP contribution < -0.4 is 5.32 Å². The lowest BCUT2D eigenvalue weighted by Gasteiger charge is -2.32. The molecule has 1 aromatic carbocycles. The first-order valence-electron chi connectivity index (χ1n) is 9.35. The molecule has 0 unspecified atom stereocenters. The minimum absolute atomic E-state index is 0.0642. The van der Waals surface area contributed by atoms with E-state index >= 15 is 0 Å². The maximum absolute atomic E-state index is 11.3. The number of carbonyl (C=O) groups excluding carboxylic acids is 1. The van der Waals surface area contributed by atoms with Crippen molar-refractivity contribution < 1.29 is 9.21 Å². The topological polar surface area (TPSA) is 63.3 Å². The Balaban J connectivity index is 1.37. The van der Waals surface area contributed by atoms with Gasteiger partial charge in [0.2, 0.25) is 5.91 Å². The predicted molar refractivity (Wildman–Crippen MR) is 104 cm³/mol. The summed E-state index contributed by atoms with van der Waals surface area (Å²) < 4.78 is 7.46. The average molecular weight is 364 g/mol. The van der Waals surface area contributed by atoms with Gasteiger partial charge in [-0.05, 0) is 36.6 Å². The molecule has 6 nitrogen and oxygen atoms in total. The summed E-state index contributed by atoms with van der Waals surface area (Å²) in [6.45, 7) is 4.47. The molecular formula is C21H24N4O2. The normalized spacial score (nSPS) is 15.7. The average Bonchev–Trinajstić information content (AvgIpc) is 3.34. The Kier molecular flexibility index (Phi) is 5.07. The zero-order chi connectivity index (χ0) is 18.6. The fraction of sp³-hybridized carbons (Fsp3) is 0.333. The molecule has 4 rings (SSSR count). The highest BCUT2D eigenvalue weighted by atomic mass is 16.3. The lowest BCUT2D eigenvalue weighted by molar-refractivity contribution is -0.114. The van der Waals surface area contributed by atoms with E-state index in [1.54, 1.807) is 12.5 Å². The van der Waals surface area contributed by atoms with Crippen molar-refractivity contribution in [3.63, 3.8) is 0 Å². The Morgan fingerprint density at radius 3 is 2.81 bits per heavy atom. The van der Waals surface area contributed by atoms with E-state index in [4.69, 9.17) is 4.42 Å². The van der Waals surface area contributed by atoms with Gasteiger partial charge in [0, 0.05) is 38.2 Å². The number of amides is 1. The third-order valence-electron chi connectivity index (χ3n) is 5.02. The van der Waals surface area contributed by atoms with E-state index in [1.807, 2.05) is 22.9 Å². The number of aromatic nitrogens is 2. The largest absolute Gasteiger partial charge is 0.464 e. The van der Waals surface area contributed by atoms with Crippen LogP contribution in [0.1, 0.15) is 31.4 Å². The highest BCUT2D eigenvalue weighted by Crippen LogP contribution is 2.27. The van der Waals surface area contributed by atoms with Gasteiger partial charge in [-0.3, -0.25) is 9.69 Å². The van der Waals surface area contributed by atoms with E-state index in [0.717, 1.165) is 49.6 Å². The third kappa shape index (κ3) is 4.11. The first kappa shape index (κ1) is 17.5. The van der Waals surface area contributed by atoms with Crippen LogP contribution in [0.5, 0.6) is 0 Å². The molecule has 140 valence electrons. The van der Waals surface area contributed by atoms with E-state index in [0.29, 0.717) is 6.04 Å². The van der Waals surface area contributed by atoms with Crippen LogP contribution in [0.2, 0.25) is 0 Å². The summed E-state index contributed by atoms with van der Waals surface area (Å²) in [5, 5.41) is 7.28. The zero-order valence-corrected chi connectivity index (χ0v) is 15.5. The molecule has 0 atom stereocenters. The molecular weight excluding hydrogens is 340 g/mol. The molecule has 1 aliphatic rings. The van der Waals surface area contributed by atoms with E-state index in [1.165, 1.54) is 12.5 Å². The minimum Gasteiger partial charge on any atom is -0.464 e. The quantitative estimate of drug-likeness (QED) is 0.745. The SMILES string of the molecule is CC(=O)Nc1ccnn1C1CCN(Cc2cccc(-c3ccco3)c2)CC1. The highest BCUT2D eigenvalue weighted by molar-refractivity contribution is 5.87. The molecule has 0 saturated carbocycles. The lowest BCUT2D eigenvalue weighted by Crippen LogP contribution is -2.34. The molecule has 1 amide bonds. The second kappa shape index (κ2) is 7.80. The first-order valence-corrected chi connectivity index (χ1v) is 9.35. The Bertz CT molecular complexity index is 893. The molecule has 0 radical (unpaired) electrons. The van der Waals surface area contributed by atoms with E-state index < -0.39 is 0 Å². The number of rotatable bonds is 5. The number of furan rings is 1. The van der Waals surface area contributed by atoms with Gasteiger partial charge in [0.15, 0.2) is 0 Å². The van der Waals surface area contributed by atoms with Crippen molar-refractivity contribution in [2.45, 2.75) is 32.4 Å². The van der Waals surface area contributed by atoms with Crippen LogP contribution >= 0.6 is 0 Å². The lowest BCUT2D eigenvalue weighted by atomic mass is 10.0. The van der Waals surface area contributed by atoms with Crippen LogP contribution in [0.15, 0.2) is 59.3 Å². The van der Waals surface area contributed by atoms with Crippen molar-refractivity contribution in [1.29, 1.82) is 0 Å². The minimum atomic E-state index is -0.0642. The Labute approximate surface area is 158 Å². The van der Waals surface area contributed by atoms with Gasteiger partial charge in [-0.15, -0.1) is 0 Å². The van der Waals surface area contributed by atoms with Crippen molar-refractivity contribution >= 4 is 11.7 Å². The van der Waals surface area contributed by atoms with Gasteiger partial charge in [0.1, 0.15) is 11.6 Å². The molecule has 6 heteroatoms.